The first-order valence-corrected chi connectivity index (χ1v) is 10.3. The molecule has 0 atom stereocenters. The van der Waals surface area contributed by atoms with Crippen LogP contribution in [0.4, 0.5) is 11.4 Å². The number of para-hydroxylation sites is 1. The summed E-state index contributed by atoms with van der Waals surface area (Å²) in [6, 6.07) is 13.0. The average Bonchev–Trinajstić information content (AvgIpc) is 3.15. The number of nitrogens with zero attached hydrogens (tertiary/aromatic N) is 2. The molecule has 5 nitrogen and oxygen atoms in total. The van der Waals surface area contributed by atoms with Crippen LogP contribution in [-0.2, 0) is 4.74 Å². The zero-order chi connectivity index (χ0) is 19.5. The maximum Gasteiger partial charge on any atom is 0.255 e. The lowest BCUT2D eigenvalue weighted by molar-refractivity contribution is 0.102. The summed E-state index contributed by atoms with van der Waals surface area (Å²) < 4.78 is 5.42. The molecular weight excluding hydrogens is 394 g/mol. The van der Waals surface area contributed by atoms with Crippen molar-refractivity contribution >= 4 is 40.2 Å². The highest BCUT2D eigenvalue weighted by atomic mass is 35.5. The van der Waals surface area contributed by atoms with E-state index in [1.54, 1.807) is 11.3 Å². The molecule has 28 heavy (non-hydrogen) atoms. The number of morpholine rings is 1. The van der Waals surface area contributed by atoms with Gasteiger partial charge in [-0.05, 0) is 31.2 Å². The van der Waals surface area contributed by atoms with Crippen LogP contribution in [0.15, 0.2) is 47.8 Å². The van der Waals surface area contributed by atoms with Crippen LogP contribution in [0.3, 0.4) is 0 Å². The number of amides is 1. The van der Waals surface area contributed by atoms with Gasteiger partial charge >= 0.3 is 0 Å². The Balaban J connectivity index is 1.54. The van der Waals surface area contributed by atoms with Gasteiger partial charge in [-0.15, -0.1) is 11.3 Å². The number of aryl methyl sites for hydroxylation is 1. The largest absolute Gasteiger partial charge is 0.378 e. The van der Waals surface area contributed by atoms with Crippen molar-refractivity contribution in [3.05, 3.63) is 64.1 Å². The number of carbonyl (C=O) groups excluding carboxylic acids is 1. The van der Waals surface area contributed by atoms with E-state index in [1.807, 2.05) is 54.8 Å². The lowest BCUT2D eigenvalue weighted by atomic mass is 10.1. The molecule has 1 N–H and O–H groups in total. The van der Waals surface area contributed by atoms with E-state index in [0.29, 0.717) is 29.5 Å². The van der Waals surface area contributed by atoms with Gasteiger partial charge in [-0.1, -0.05) is 29.8 Å². The van der Waals surface area contributed by atoms with Gasteiger partial charge in [-0.2, -0.15) is 0 Å². The SMILES string of the molecule is Cc1csc(-c2ccc(C(=O)Nc3cccc(Cl)c3N3CCOCC3)cc2)n1. The van der Waals surface area contributed by atoms with Crippen molar-refractivity contribution in [2.75, 3.05) is 36.5 Å². The van der Waals surface area contributed by atoms with E-state index < -0.39 is 0 Å². The highest BCUT2D eigenvalue weighted by molar-refractivity contribution is 7.13. The number of anilines is 2. The third kappa shape index (κ3) is 4.04. The normalized spacial score (nSPS) is 14.1. The fourth-order valence-electron chi connectivity index (χ4n) is 3.17. The van der Waals surface area contributed by atoms with Crippen molar-refractivity contribution in [1.82, 2.24) is 4.98 Å². The molecule has 1 aromatic heterocycles. The zero-order valence-electron chi connectivity index (χ0n) is 15.4. The number of hydrogen-bond acceptors (Lipinski definition) is 5. The molecule has 7 heteroatoms. The summed E-state index contributed by atoms with van der Waals surface area (Å²) >= 11 is 8.04. The summed E-state index contributed by atoms with van der Waals surface area (Å²) in [5, 5.41) is 6.60. The molecule has 0 saturated carbocycles. The minimum Gasteiger partial charge on any atom is -0.378 e. The van der Waals surface area contributed by atoms with E-state index in [0.717, 1.165) is 35.0 Å². The molecule has 1 aliphatic rings. The van der Waals surface area contributed by atoms with Crippen molar-refractivity contribution in [1.29, 1.82) is 0 Å². The molecule has 3 aromatic rings. The Labute approximate surface area is 172 Å². The molecule has 1 aliphatic heterocycles. The Hall–Kier alpha value is -2.41. The number of ether oxygens (including phenoxy) is 1. The van der Waals surface area contributed by atoms with E-state index in [9.17, 15) is 4.79 Å². The van der Waals surface area contributed by atoms with Gasteiger partial charge in [0.1, 0.15) is 5.01 Å². The van der Waals surface area contributed by atoms with Crippen LogP contribution in [0.2, 0.25) is 5.02 Å². The second-order valence-electron chi connectivity index (χ2n) is 6.56. The van der Waals surface area contributed by atoms with Gasteiger partial charge in [-0.25, -0.2) is 4.98 Å². The minimum atomic E-state index is -0.168. The van der Waals surface area contributed by atoms with Gasteiger partial charge in [-0.3, -0.25) is 4.79 Å². The lowest BCUT2D eigenvalue weighted by Crippen LogP contribution is -2.37. The molecule has 0 unspecified atom stereocenters. The third-order valence-electron chi connectivity index (χ3n) is 4.58. The number of nitrogens with one attached hydrogen (secondary N) is 1. The molecule has 1 saturated heterocycles. The summed E-state index contributed by atoms with van der Waals surface area (Å²) in [4.78, 5) is 19.4. The first kappa shape index (κ1) is 18.9. The number of halogens is 1. The third-order valence-corrected chi connectivity index (χ3v) is 5.89. The predicted molar refractivity (Wildman–Crippen MR) is 115 cm³/mol. The second kappa shape index (κ2) is 8.31. The Morgan fingerprint density at radius 3 is 2.61 bits per heavy atom. The number of aromatic nitrogens is 1. The Kier molecular flexibility index (Phi) is 5.62. The van der Waals surface area contributed by atoms with Gasteiger partial charge in [0.25, 0.3) is 5.91 Å². The van der Waals surface area contributed by atoms with Crippen molar-refractivity contribution in [2.24, 2.45) is 0 Å². The fourth-order valence-corrected chi connectivity index (χ4v) is 4.27. The van der Waals surface area contributed by atoms with E-state index in [4.69, 9.17) is 16.3 Å². The molecule has 2 heterocycles. The van der Waals surface area contributed by atoms with Crippen LogP contribution in [0, 0.1) is 6.92 Å². The molecule has 0 radical (unpaired) electrons. The predicted octanol–water partition coefficient (Wildman–Crippen LogP) is 4.86. The monoisotopic (exact) mass is 413 g/mol. The summed E-state index contributed by atoms with van der Waals surface area (Å²) in [5.74, 6) is -0.168. The number of thiazole rings is 1. The van der Waals surface area contributed by atoms with Crippen LogP contribution in [0.1, 0.15) is 16.1 Å². The van der Waals surface area contributed by atoms with E-state index in [1.165, 1.54) is 0 Å². The summed E-state index contributed by atoms with van der Waals surface area (Å²) in [6.45, 7) is 4.76. The summed E-state index contributed by atoms with van der Waals surface area (Å²) in [6.07, 6.45) is 0. The van der Waals surface area contributed by atoms with E-state index in [2.05, 4.69) is 15.2 Å². The second-order valence-corrected chi connectivity index (χ2v) is 7.83. The molecular formula is C21H20ClN3O2S. The number of carbonyl (C=O) groups is 1. The average molecular weight is 414 g/mol. The van der Waals surface area contributed by atoms with Crippen LogP contribution < -0.4 is 10.2 Å². The van der Waals surface area contributed by atoms with Crippen LogP contribution in [0.5, 0.6) is 0 Å². The maximum atomic E-state index is 12.8. The van der Waals surface area contributed by atoms with Crippen LogP contribution in [-0.4, -0.2) is 37.2 Å². The smallest absolute Gasteiger partial charge is 0.255 e. The van der Waals surface area contributed by atoms with E-state index in [-0.39, 0.29) is 5.91 Å². The van der Waals surface area contributed by atoms with Gasteiger partial charge in [0.05, 0.1) is 29.6 Å². The number of benzene rings is 2. The van der Waals surface area contributed by atoms with Gasteiger partial charge in [0, 0.05) is 35.3 Å². The standard InChI is InChI=1S/C21H20ClN3O2S/c1-14-13-28-21(23-14)16-7-5-15(6-8-16)20(26)24-18-4-2-3-17(22)19(18)25-9-11-27-12-10-25/h2-8,13H,9-12H2,1H3,(H,24,26). The number of rotatable bonds is 4. The maximum absolute atomic E-state index is 12.8. The highest BCUT2D eigenvalue weighted by Gasteiger charge is 2.19. The number of hydrogen-bond donors (Lipinski definition) is 1. The lowest BCUT2D eigenvalue weighted by Gasteiger charge is -2.31. The molecule has 1 fully saturated rings. The van der Waals surface area contributed by atoms with Crippen LogP contribution in [0.25, 0.3) is 10.6 Å². The zero-order valence-corrected chi connectivity index (χ0v) is 17.0. The van der Waals surface area contributed by atoms with Crippen molar-refractivity contribution in [2.45, 2.75) is 6.92 Å². The van der Waals surface area contributed by atoms with Gasteiger partial charge in [0.15, 0.2) is 0 Å². The molecule has 0 bridgehead atoms. The topological polar surface area (TPSA) is 54.5 Å². The fraction of sp³-hybridized carbons (Fsp3) is 0.238. The summed E-state index contributed by atoms with van der Waals surface area (Å²) in [5.41, 5.74) is 4.14. The highest BCUT2D eigenvalue weighted by Crippen LogP contribution is 2.34. The minimum absolute atomic E-state index is 0.168. The molecule has 0 spiro atoms. The van der Waals surface area contributed by atoms with Crippen molar-refractivity contribution < 1.29 is 9.53 Å². The molecule has 1 amide bonds. The molecule has 4 rings (SSSR count). The molecule has 2 aromatic carbocycles. The summed E-state index contributed by atoms with van der Waals surface area (Å²) in [7, 11) is 0. The van der Waals surface area contributed by atoms with Gasteiger partial charge < -0.3 is 15.0 Å². The van der Waals surface area contributed by atoms with Gasteiger partial charge in [0.2, 0.25) is 0 Å². The van der Waals surface area contributed by atoms with Crippen LogP contribution >= 0.6 is 22.9 Å². The first-order valence-electron chi connectivity index (χ1n) is 9.07. The Bertz CT molecular complexity index is 982. The molecule has 0 aliphatic carbocycles. The Morgan fingerprint density at radius 1 is 1.18 bits per heavy atom. The molecule has 144 valence electrons. The first-order chi connectivity index (χ1) is 13.6. The quantitative estimate of drug-likeness (QED) is 0.663. The Morgan fingerprint density at radius 2 is 1.93 bits per heavy atom. The van der Waals surface area contributed by atoms with E-state index >= 15 is 0 Å². The van der Waals surface area contributed by atoms with Crippen molar-refractivity contribution in [3.8, 4) is 10.6 Å². The van der Waals surface area contributed by atoms with Crippen molar-refractivity contribution in [3.63, 3.8) is 0 Å².